The lowest BCUT2D eigenvalue weighted by Crippen LogP contribution is -2.33. The molecule has 1 fully saturated rings. The topological polar surface area (TPSA) is 53.5 Å². The van der Waals surface area contributed by atoms with E-state index in [1.165, 1.54) is 12.1 Å². The summed E-state index contributed by atoms with van der Waals surface area (Å²) in [5.41, 5.74) is 1.69. The Morgan fingerprint density at radius 2 is 1.89 bits per heavy atom. The maximum Gasteiger partial charge on any atom is 0.227 e. The molecule has 0 radical (unpaired) electrons. The molecule has 6 nitrogen and oxygen atoms in total. The predicted octanol–water partition coefficient (Wildman–Crippen LogP) is 4.95. The number of piperidine rings is 1. The second kappa shape index (κ2) is 10.1. The van der Waals surface area contributed by atoms with Crippen LogP contribution in [0.2, 0.25) is 0 Å². The van der Waals surface area contributed by atoms with Gasteiger partial charge < -0.3 is 19.9 Å². The Morgan fingerprint density at radius 3 is 2.64 bits per heavy atom. The third-order valence-corrected chi connectivity index (χ3v) is 6.69. The molecule has 9 heteroatoms. The molecule has 2 aromatic carbocycles. The molecule has 3 aromatic rings. The molecule has 0 unspecified atom stereocenters. The maximum atomic E-state index is 14.9. The number of fused-ring (bicyclic) bond motifs is 1. The van der Waals surface area contributed by atoms with Gasteiger partial charge >= 0.3 is 0 Å². The van der Waals surface area contributed by atoms with Crippen molar-refractivity contribution in [3.8, 4) is 29.4 Å². The van der Waals surface area contributed by atoms with Crippen LogP contribution < -0.4 is 15.0 Å². The summed E-state index contributed by atoms with van der Waals surface area (Å²) >= 11 is 0. The zero-order chi connectivity index (χ0) is 25.2. The highest BCUT2D eigenvalue weighted by atomic mass is 19.1. The van der Waals surface area contributed by atoms with Gasteiger partial charge in [0.15, 0.2) is 17.4 Å². The monoisotopic (exact) mass is 493 g/mol. The molecule has 5 rings (SSSR count). The van der Waals surface area contributed by atoms with Crippen LogP contribution in [0.3, 0.4) is 0 Å². The number of anilines is 3. The molecule has 0 atom stereocenters. The molecule has 1 N–H and O–H groups in total. The Hall–Kier alpha value is -3.77. The van der Waals surface area contributed by atoms with Gasteiger partial charge in [0.05, 0.1) is 25.0 Å². The molecule has 3 heterocycles. The molecule has 0 amide bonds. The van der Waals surface area contributed by atoms with Crippen LogP contribution in [0.5, 0.6) is 5.75 Å². The Bertz CT molecular complexity index is 1320. The van der Waals surface area contributed by atoms with Crippen LogP contribution in [0.25, 0.3) is 11.3 Å². The fraction of sp³-hybridized carbons (Fsp3) is 0.333. The highest BCUT2D eigenvalue weighted by Crippen LogP contribution is 2.38. The van der Waals surface area contributed by atoms with Gasteiger partial charge in [0.1, 0.15) is 18.1 Å². The van der Waals surface area contributed by atoms with Crippen molar-refractivity contribution in [2.45, 2.75) is 18.8 Å². The summed E-state index contributed by atoms with van der Waals surface area (Å²) in [5, 5.41) is 2.93. The van der Waals surface area contributed by atoms with Crippen LogP contribution in [-0.2, 0) is 0 Å². The molecule has 1 saturated heterocycles. The largest absolute Gasteiger partial charge is 0.486 e. The van der Waals surface area contributed by atoms with Crippen LogP contribution in [-0.4, -0.2) is 54.7 Å². The minimum absolute atomic E-state index is 0.0627. The summed E-state index contributed by atoms with van der Waals surface area (Å²) in [5.74, 6) is 1.20. The van der Waals surface area contributed by atoms with Gasteiger partial charge in [-0.15, -0.1) is 6.42 Å². The highest BCUT2D eigenvalue weighted by Gasteiger charge is 2.24. The van der Waals surface area contributed by atoms with Crippen LogP contribution in [0, 0.1) is 29.8 Å². The predicted molar refractivity (Wildman–Crippen MR) is 133 cm³/mol. The number of likely N-dealkylation sites (tertiary alicyclic amines) is 1. The Labute approximate surface area is 208 Å². The molecular formula is C27H26F3N5O. The van der Waals surface area contributed by atoms with Crippen LogP contribution in [0.15, 0.2) is 36.5 Å². The van der Waals surface area contributed by atoms with E-state index in [1.54, 1.807) is 23.1 Å². The lowest BCUT2D eigenvalue weighted by Gasteiger charge is -2.30. The van der Waals surface area contributed by atoms with E-state index in [0.717, 1.165) is 32.1 Å². The van der Waals surface area contributed by atoms with E-state index in [1.807, 2.05) is 0 Å². The van der Waals surface area contributed by atoms with Crippen molar-refractivity contribution >= 4 is 17.3 Å². The fourth-order valence-corrected chi connectivity index (χ4v) is 4.76. The molecule has 186 valence electrons. The van der Waals surface area contributed by atoms with Crippen LogP contribution in [0.4, 0.5) is 30.5 Å². The second-order valence-electron chi connectivity index (χ2n) is 9.11. The van der Waals surface area contributed by atoms with Gasteiger partial charge in [0, 0.05) is 11.3 Å². The van der Waals surface area contributed by atoms with Crippen molar-refractivity contribution in [1.29, 1.82) is 0 Å². The number of nitrogens with zero attached hydrogens (tertiary/aromatic N) is 4. The summed E-state index contributed by atoms with van der Waals surface area (Å²) in [4.78, 5) is 12.3. The molecule has 0 spiro atoms. The molecule has 2 aliphatic rings. The van der Waals surface area contributed by atoms with E-state index in [9.17, 15) is 13.2 Å². The summed E-state index contributed by atoms with van der Waals surface area (Å²) in [6, 6.07) is 7.70. The number of terminal acetylenes is 1. The standard InChI is InChI=1S/C27H26F3N5O/c1-3-8-35-11-12-36-26-22(29)13-18(14-24(26)35)25-23(30)16-31-27(33-25)32-19-4-5-20(21(28)15-19)17-6-9-34(2)10-7-17/h1,4-5,13-17H,6-12H2,2H3,(H,31,32,33). The van der Waals surface area contributed by atoms with Crippen LogP contribution in [0.1, 0.15) is 24.3 Å². The van der Waals surface area contributed by atoms with E-state index in [0.29, 0.717) is 30.1 Å². The third kappa shape index (κ3) is 4.82. The lowest BCUT2D eigenvalue weighted by molar-refractivity contribution is 0.253. The number of hydrogen-bond donors (Lipinski definition) is 1. The lowest BCUT2D eigenvalue weighted by atomic mass is 9.89. The fourth-order valence-electron chi connectivity index (χ4n) is 4.76. The number of nitrogens with one attached hydrogen (secondary N) is 1. The summed E-state index contributed by atoms with van der Waals surface area (Å²) in [6.45, 7) is 2.92. The van der Waals surface area contributed by atoms with Crippen molar-refractivity contribution in [1.82, 2.24) is 14.9 Å². The normalized spacial score (nSPS) is 16.2. The first-order valence-corrected chi connectivity index (χ1v) is 11.9. The maximum absolute atomic E-state index is 14.9. The van der Waals surface area contributed by atoms with Gasteiger partial charge in [-0.1, -0.05) is 12.0 Å². The number of rotatable bonds is 5. The van der Waals surface area contributed by atoms with E-state index < -0.39 is 11.6 Å². The summed E-state index contributed by atoms with van der Waals surface area (Å²) in [6.07, 6.45) is 8.26. The van der Waals surface area contributed by atoms with E-state index in [2.05, 4.69) is 33.2 Å². The summed E-state index contributed by atoms with van der Waals surface area (Å²) < 4.78 is 50.0. The van der Waals surface area contributed by atoms with Gasteiger partial charge in [-0.25, -0.2) is 23.1 Å². The molecular weight excluding hydrogens is 467 g/mol. The van der Waals surface area contributed by atoms with E-state index in [-0.39, 0.29) is 41.2 Å². The minimum atomic E-state index is -0.719. The number of hydrogen-bond acceptors (Lipinski definition) is 6. The number of halogens is 3. The Balaban J connectivity index is 1.41. The highest BCUT2D eigenvalue weighted by molar-refractivity contribution is 5.73. The smallest absolute Gasteiger partial charge is 0.227 e. The van der Waals surface area contributed by atoms with E-state index >= 15 is 0 Å². The first kappa shape index (κ1) is 23.9. The van der Waals surface area contributed by atoms with Crippen LogP contribution >= 0.6 is 0 Å². The number of benzene rings is 2. The average Bonchev–Trinajstić information content (AvgIpc) is 2.87. The third-order valence-electron chi connectivity index (χ3n) is 6.69. The van der Waals surface area contributed by atoms with Crippen molar-refractivity contribution in [3.05, 3.63) is 59.5 Å². The number of aromatic nitrogens is 2. The van der Waals surface area contributed by atoms with Crippen molar-refractivity contribution < 1.29 is 17.9 Å². The molecule has 0 saturated carbocycles. The molecule has 0 aliphatic carbocycles. The van der Waals surface area contributed by atoms with Gasteiger partial charge in [-0.3, -0.25) is 0 Å². The van der Waals surface area contributed by atoms with Gasteiger partial charge in [-0.2, -0.15) is 0 Å². The molecule has 36 heavy (non-hydrogen) atoms. The van der Waals surface area contributed by atoms with E-state index in [4.69, 9.17) is 11.2 Å². The summed E-state index contributed by atoms with van der Waals surface area (Å²) in [7, 11) is 2.07. The molecule has 0 bridgehead atoms. The van der Waals surface area contributed by atoms with Gasteiger partial charge in [0.2, 0.25) is 5.95 Å². The number of ether oxygens (including phenoxy) is 1. The molecule has 2 aliphatic heterocycles. The Morgan fingerprint density at radius 1 is 1.08 bits per heavy atom. The van der Waals surface area contributed by atoms with Gasteiger partial charge in [-0.05, 0) is 68.7 Å². The molecule has 1 aromatic heterocycles. The quantitative estimate of drug-likeness (QED) is 0.508. The second-order valence-corrected chi connectivity index (χ2v) is 9.11. The SMILES string of the molecule is C#CCN1CCOc2c(F)cc(-c3nc(Nc4ccc(C5CCN(C)CC5)c(F)c4)ncc3F)cc21. The van der Waals surface area contributed by atoms with Gasteiger partial charge in [0.25, 0.3) is 0 Å². The first-order valence-electron chi connectivity index (χ1n) is 11.9. The zero-order valence-corrected chi connectivity index (χ0v) is 19.9. The first-order chi connectivity index (χ1) is 17.4. The van der Waals surface area contributed by atoms with Crippen molar-refractivity contribution in [3.63, 3.8) is 0 Å². The van der Waals surface area contributed by atoms with Crippen molar-refractivity contribution in [2.24, 2.45) is 0 Å². The van der Waals surface area contributed by atoms with Crippen molar-refractivity contribution in [2.75, 3.05) is 50.1 Å². The minimum Gasteiger partial charge on any atom is -0.486 e. The zero-order valence-electron chi connectivity index (χ0n) is 19.9. The Kier molecular flexibility index (Phi) is 6.70. The average molecular weight is 494 g/mol.